The Morgan fingerprint density at radius 2 is 1.65 bits per heavy atom. The van der Waals surface area contributed by atoms with Crippen LogP contribution in [0.2, 0.25) is 5.02 Å². The summed E-state index contributed by atoms with van der Waals surface area (Å²) in [5.74, 6) is -0.758. The minimum atomic E-state index is -0.800. The molecule has 0 bridgehead atoms. The fourth-order valence-corrected chi connectivity index (χ4v) is 6.37. The molecule has 0 aliphatic heterocycles. The first kappa shape index (κ1) is 30.3. The van der Waals surface area contributed by atoms with Crippen molar-refractivity contribution < 1.29 is 14.7 Å². The lowest BCUT2D eigenvalue weighted by Crippen LogP contribution is -2.13. The van der Waals surface area contributed by atoms with Gasteiger partial charge in [0.1, 0.15) is 0 Å². The summed E-state index contributed by atoms with van der Waals surface area (Å²) >= 11 is 7.81. The number of pyridine rings is 1. The Labute approximate surface area is 261 Å². The van der Waals surface area contributed by atoms with Gasteiger partial charge in [0.2, 0.25) is 0 Å². The van der Waals surface area contributed by atoms with Crippen molar-refractivity contribution in [1.82, 2.24) is 4.98 Å². The Kier molecular flexibility index (Phi) is 10.1. The van der Waals surface area contributed by atoms with Gasteiger partial charge >= 0.3 is 5.97 Å². The van der Waals surface area contributed by atoms with Crippen LogP contribution in [0.15, 0.2) is 109 Å². The first-order chi connectivity index (χ1) is 20.9. The van der Waals surface area contributed by atoms with Crippen molar-refractivity contribution in [3.05, 3.63) is 148 Å². The molecule has 0 unspecified atom stereocenters. The van der Waals surface area contributed by atoms with E-state index in [-0.39, 0.29) is 11.0 Å². The second kappa shape index (κ2) is 14.3. The summed E-state index contributed by atoms with van der Waals surface area (Å²) in [4.78, 5) is 29.6. The number of carbonyl (C=O) groups excluding carboxylic acids is 1. The summed E-state index contributed by atoms with van der Waals surface area (Å²) < 4.78 is 0. The quantitative estimate of drug-likeness (QED) is 0.143. The zero-order valence-electron chi connectivity index (χ0n) is 23.8. The fourth-order valence-electron chi connectivity index (χ4n) is 4.91. The van der Waals surface area contributed by atoms with E-state index in [1.807, 2.05) is 109 Å². The Morgan fingerprint density at radius 3 is 2.47 bits per heavy atom. The maximum atomic E-state index is 13.3. The number of fused-ring (bicyclic) bond motifs is 1. The van der Waals surface area contributed by atoms with E-state index in [2.05, 4.69) is 12.1 Å². The molecule has 2 atom stereocenters. The molecule has 1 aromatic heterocycles. The highest BCUT2D eigenvalue weighted by Crippen LogP contribution is 2.36. The average Bonchev–Trinajstić information content (AvgIpc) is 3.03. The third-order valence-corrected chi connectivity index (χ3v) is 9.19. The molecule has 0 radical (unpaired) electrons. The maximum Gasteiger partial charge on any atom is 0.307 e. The normalized spacial score (nSPS) is 12.8. The zero-order chi connectivity index (χ0) is 30.2. The first-order valence-corrected chi connectivity index (χ1v) is 15.7. The Bertz CT molecular complexity index is 1770. The molecular weight excluding hydrogens is 574 g/mol. The highest BCUT2D eigenvalue weighted by atomic mass is 35.5. The number of aliphatic carboxylic acids is 1. The summed E-state index contributed by atoms with van der Waals surface area (Å²) in [6.07, 6.45) is 5.48. The molecule has 0 saturated carbocycles. The molecule has 1 heterocycles. The van der Waals surface area contributed by atoms with Crippen molar-refractivity contribution in [1.29, 1.82) is 0 Å². The van der Waals surface area contributed by atoms with Gasteiger partial charge in [0.25, 0.3) is 0 Å². The monoisotopic (exact) mass is 605 g/mol. The minimum absolute atomic E-state index is 0.0107. The van der Waals surface area contributed by atoms with Gasteiger partial charge in [-0.15, -0.1) is 0 Å². The smallest absolute Gasteiger partial charge is 0.307 e. The number of hydrogen-bond acceptors (Lipinski definition) is 4. The van der Waals surface area contributed by atoms with Crippen molar-refractivity contribution in [2.45, 2.75) is 25.0 Å². The van der Waals surface area contributed by atoms with Crippen molar-refractivity contribution in [3.63, 3.8) is 0 Å². The molecule has 216 valence electrons. The van der Waals surface area contributed by atoms with Crippen LogP contribution in [-0.2, 0) is 11.2 Å². The number of aromatic nitrogens is 1. The van der Waals surface area contributed by atoms with E-state index in [0.29, 0.717) is 28.3 Å². The summed E-state index contributed by atoms with van der Waals surface area (Å²) in [7, 11) is 0. The summed E-state index contributed by atoms with van der Waals surface area (Å²) in [6, 6.07) is 35.1. The number of carboxylic acids is 1. The maximum absolute atomic E-state index is 13.3. The molecule has 0 aliphatic carbocycles. The highest BCUT2D eigenvalue weighted by molar-refractivity contribution is 7.99. The molecule has 6 heteroatoms. The summed E-state index contributed by atoms with van der Waals surface area (Å²) in [5.41, 5.74) is 6.19. The number of aryl methyl sites for hydroxylation is 1. The van der Waals surface area contributed by atoms with Gasteiger partial charge in [-0.3, -0.25) is 9.59 Å². The molecular formula is C37H32ClNO3S. The van der Waals surface area contributed by atoms with Gasteiger partial charge in [-0.25, -0.2) is 4.98 Å². The predicted molar refractivity (Wildman–Crippen MR) is 179 cm³/mol. The fraction of sp³-hybridized carbons (Fsp3) is 0.162. The van der Waals surface area contributed by atoms with Crippen LogP contribution < -0.4 is 0 Å². The van der Waals surface area contributed by atoms with Gasteiger partial charge in [-0.1, -0.05) is 116 Å². The van der Waals surface area contributed by atoms with E-state index in [1.165, 1.54) is 0 Å². The molecule has 1 N–H and O–H groups in total. The largest absolute Gasteiger partial charge is 0.481 e. The SMILES string of the molecule is C[C@H](CS[C@@H](CCc1ccccc1C(=O)c1ccccc1)c1cccc(/C=C/c2ccc3ccc(Cl)cc3n2)c1)C(=O)O. The van der Waals surface area contributed by atoms with Crippen molar-refractivity contribution in [3.8, 4) is 0 Å². The topological polar surface area (TPSA) is 67.3 Å². The number of benzene rings is 4. The second-order valence-corrected chi connectivity index (χ2v) is 12.2. The van der Waals surface area contributed by atoms with Crippen LogP contribution in [-0.4, -0.2) is 27.6 Å². The molecule has 0 spiro atoms. The minimum Gasteiger partial charge on any atom is -0.481 e. The number of carbonyl (C=O) groups is 2. The number of nitrogens with zero attached hydrogens (tertiary/aromatic N) is 1. The van der Waals surface area contributed by atoms with Crippen molar-refractivity contribution in [2.24, 2.45) is 5.92 Å². The molecule has 0 fully saturated rings. The third kappa shape index (κ3) is 8.01. The first-order valence-electron chi connectivity index (χ1n) is 14.2. The van der Waals surface area contributed by atoms with Gasteiger partial charge in [0.05, 0.1) is 17.1 Å². The number of hydrogen-bond donors (Lipinski definition) is 1. The van der Waals surface area contributed by atoms with Crippen LogP contribution >= 0.6 is 23.4 Å². The summed E-state index contributed by atoms with van der Waals surface area (Å²) in [5, 5.41) is 11.2. The van der Waals surface area contributed by atoms with E-state index in [0.717, 1.165) is 39.7 Å². The Balaban J connectivity index is 1.37. The lowest BCUT2D eigenvalue weighted by Gasteiger charge is -2.20. The van der Waals surface area contributed by atoms with Crippen LogP contribution in [0.3, 0.4) is 0 Å². The van der Waals surface area contributed by atoms with E-state index >= 15 is 0 Å². The second-order valence-electron chi connectivity index (χ2n) is 10.5. The van der Waals surface area contributed by atoms with E-state index in [9.17, 15) is 14.7 Å². The highest BCUT2D eigenvalue weighted by Gasteiger charge is 2.20. The molecule has 4 nitrogen and oxygen atoms in total. The van der Waals surface area contributed by atoms with Crippen molar-refractivity contribution >= 4 is 58.2 Å². The Hall–Kier alpha value is -4.19. The summed E-state index contributed by atoms with van der Waals surface area (Å²) in [6.45, 7) is 1.74. The number of rotatable bonds is 12. The van der Waals surface area contributed by atoms with E-state index in [1.54, 1.807) is 18.7 Å². The molecule has 43 heavy (non-hydrogen) atoms. The number of ketones is 1. The molecule has 5 aromatic rings. The van der Waals surface area contributed by atoms with Gasteiger partial charge < -0.3 is 5.11 Å². The van der Waals surface area contributed by atoms with E-state index in [4.69, 9.17) is 16.6 Å². The van der Waals surface area contributed by atoms with Gasteiger partial charge in [-0.2, -0.15) is 11.8 Å². The van der Waals surface area contributed by atoms with Crippen LogP contribution in [0.1, 0.15) is 56.9 Å². The van der Waals surface area contributed by atoms with Crippen molar-refractivity contribution in [2.75, 3.05) is 5.75 Å². The molecule has 5 rings (SSSR count). The van der Waals surface area contributed by atoms with Crippen LogP contribution in [0.25, 0.3) is 23.1 Å². The molecule has 4 aromatic carbocycles. The van der Waals surface area contributed by atoms with Crippen LogP contribution in [0.4, 0.5) is 0 Å². The van der Waals surface area contributed by atoms with E-state index < -0.39 is 11.9 Å². The van der Waals surface area contributed by atoms with Crippen LogP contribution in [0, 0.1) is 5.92 Å². The molecule has 0 amide bonds. The van der Waals surface area contributed by atoms with Crippen LogP contribution in [0.5, 0.6) is 0 Å². The van der Waals surface area contributed by atoms with Gasteiger partial charge in [0, 0.05) is 32.5 Å². The standard InChI is InChI=1S/C37H32ClNO3S/c1-25(37(41)42)24-43-35(21-17-27-9-5-6-13-33(27)36(40)29-10-3-2-4-11-29)30-12-7-8-26(22-30)14-19-32-20-16-28-15-18-31(38)23-34(28)39-32/h2-16,18-20,22-23,25,35H,17,21,24H2,1H3,(H,41,42)/b19-14+/t25-,35+/m1/s1. The number of carboxylic acid groups (broad SMARTS) is 1. The lowest BCUT2D eigenvalue weighted by molar-refractivity contribution is -0.140. The number of halogens is 1. The lowest BCUT2D eigenvalue weighted by atomic mass is 9.94. The average molecular weight is 606 g/mol. The van der Waals surface area contributed by atoms with Gasteiger partial charge in [-0.05, 0) is 53.8 Å². The third-order valence-electron chi connectivity index (χ3n) is 7.35. The van der Waals surface area contributed by atoms with Gasteiger partial charge in [0.15, 0.2) is 5.78 Å². The zero-order valence-corrected chi connectivity index (χ0v) is 25.4. The molecule has 0 saturated heterocycles. The Morgan fingerprint density at radius 1 is 0.884 bits per heavy atom. The predicted octanol–water partition coefficient (Wildman–Crippen LogP) is 9.42. The molecule has 0 aliphatic rings. The number of thioether (sulfide) groups is 1.